The molecule has 0 saturated heterocycles. The van der Waals surface area contributed by atoms with Gasteiger partial charge in [-0.1, -0.05) is 6.92 Å². The number of hydrogen-bond donors (Lipinski definition) is 0. The van der Waals surface area contributed by atoms with Gasteiger partial charge in [-0.25, -0.2) is 4.21 Å². The molecule has 0 fully saturated rings. The summed E-state index contributed by atoms with van der Waals surface area (Å²) in [5, 5.41) is 17.9. The van der Waals surface area contributed by atoms with Crippen molar-refractivity contribution in [2.45, 2.75) is 13.3 Å². The molecule has 6 heteroatoms. The van der Waals surface area contributed by atoms with Gasteiger partial charge in [0.05, 0.1) is 7.11 Å². The maximum Gasteiger partial charge on any atom is 0.162 e. The van der Waals surface area contributed by atoms with Crippen LogP contribution in [0.25, 0.3) is 0 Å². The molecule has 1 rings (SSSR count). The van der Waals surface area contributed by atoms with E-state index in [0.29, 0.717) is 27.1 Å². The van der Waals surface area contributed by atoms with Crippen LogP contribution < -0.4 is 0 Å². The van der Waals surface area contributed by atoms with Crippen LogP contribution in [-0.2, 0) is 24.4 Å². The van der Waals surface area contributed by atoms with Crippen LogP contribution in [0, 0.1) is 22.7 Å². The predicted octanol–water partition coefficient (Wildman–Crippen LogP) is 1.32. The molecule has 0 N–H and O–H groups in total. The summed E-state index contributed by atoms with van der Waals surface area (Å²) in [7, 11) is 0.889. The molecule has 15 heavy (non-hydrogen) atoms. The molecule has 1 unspecified atom stereocenters. The Bertz CT molecular complexity index is 499. The normalized spacial score (nSPS) is 19.9. The van der Waals surface area contributed by atoms with Gasteiger partial charge in [-0.05, 0) is 15.9 Å². The highest BCUT2D eigenvalue weighted by Gasteiger charge is 2.29. The van der Waals surface area contributed by atoms with Crippen molar-refractivity contribution in [2.24, 2.45) is 0 Å². The molecule has 1 aliphatic heterocycles. The summed E-state index contributed by atoms with van der Waals surface area (Å²) in [5.74, 6) is 0.267. The van der Waals surface area contributed by atoms with Crippen molar-refractivity contribution in [3.8, 4) is 12.1 Å². The SMILES string of the molecule is CCC1=C(C#N)C(OC)=C(C#N)S1=S=O. The summed E-state index contributed by atoms with van der Waals surface area (Å²) in [5.41, 5.74) is 0.350. The zero-order chi connectivity index (χ0) is 11.4. The van der Waals surface area contributed by atoms with Crippen molar-refractivity contribution >= 4 is 19.7 Å². The van der Waals surface area contributed by atoms with Crippen molar-refractivity contribution in [2.75, 3.05) is 7.11 Å². The molecule has 0 aromatic rings. The zero-order valence-corrected chi connectivity index (χ0v) is 9.87. The second-order valence-corrected chi connectivity index (χ2v) is 5.56. The molecule has 0 aromatic heterocycles. The molecular formula is C9H8N2O2S2. The van der Waals surface area contributed by atoms with E-state index in [2.05, 4.69) is 0 Å². The lowest BCUT2D eigenvalue weighted by Crippen LogP contribution is -1.91. The molecule has 0 saturated carbocycles. The van der Waals surface area contributed by atoms with Gasteiger partial charge in [0.2, 0.25) is 0 Å². The Morgan fingerprint density at radius 2 is 2.13 bits per heavy atom. The third-order valence-electron chi connectivity index (χ3n) is 1.93. The van der Waals surface area contributed by atoms with Crippen LogP contribution in [0.15, 0.2) is 21.1 Å². The highest BCUT2D eigenvalue weighted by atomic mass is 32.8. The Balaban J connectivity index is 3.55. The number of nitriles is 2. The topological polar surface area (TPSA) is 73.9 Å². The van der Waals surface area contributed by atoms with E-state index < -0.39 is 9.45 Å². The molecule has 0 spiro atoms. The van der Waals surface area contributed by atoms with Gasteiger partial charge in [0.25, 0.3) is 0 Å². The highest BCUT2D eigenvalue weighted by molar-refractivity contribution is 8.35. The van der Waals surface area contributed by atoms with E-state index in [-0.39, 0.29) is 10.7 Å². The average Bonchev–Trinajstić information content (AvgIpc) is 2.59. The lowest BCUT2D eigenvalue weighted by Gasteiger charge is -1.99. The highest BCUT2D eigenvalue weighted by Crippen LogP contribution is 2.34. The van der Waals surface area contributed by atoms with Crippen LogP contribution in [-0.4, -0.2) is 11.3 Å². The van der Waals surface area contributed by atoms with E-state index in [1.54, 1.807) is 0 Å². The van der Waals surface area contributed by atoms with Crippen molar-refractivity contribution < 1.29 is 8.95 Å². The maximum absolute atomic E-state index is 10.9. The molecule has 0 radical (unpaired) electrons. The summed E-state index contributed by atoms with van der Waals surface area (Å²) < 4.78 is 16.0. The molecule has 0 aliphatic carbocycles. The van der Waals surface area contributed by atoms with E-state index in [0.717, 1.165) is 0 Å². The van der Waals surface area contributed by atoms with E-state index in [1.165, 1.54) is 7.11 Å². The van der Waals surface area contributed by atoms with Crippen LogP contribution in [0.2, 0.25) is 0 Å². The molecule has 78 valence electrons. The second kappa shape index (κ2) is 4.92. The molecule has 0 aromatic carbocycles. The van der Waals surface area contributed by atoms with Gasteiger partial charge in [-0.2, -0.15) is 10.5 Å². The van der Waals surface area contributed by atoms with Crippen molar-refractivity contribution in [3.05, 3.63) is 21.1 Å². The van der Waals surface area contributed by atoms with E-state index in [1.807, 2.05) is 19.1 Å². The lowest BCUT2D eigenvalue weighted by atomic mass is 10.2. The molecule has 1 atom stereocenters. The number of rotatable bonds is 2. The van der Waals surface area contributed by atoms with Gasteiger partial charge in [0.1, 0.15) is 32.8 Å². The Kier molecular flexibility index (Phi) is 3.84. The third-order valence-corrected chi connectivity index (χ3v) is 5.16. The smallest absolute Gasteiger partial charge is 0.162 e. The molecular weight excluding hydrogens is 232 g/mol. The van der Waals surface area contributed by atoms with Crippen LogP contribution in [0.5, 0.6) is 0 Å². The number of methoxy groups -OCH3 is 1. The third kappa shape index (κ3) is 1.74. The molecule has 1 aliphatic rings. The van der Waals surface area contributed by atoms with E-state index in [9.17, 15) is 4.21 Å². The fraction of sp³-hybridized carbons (Fsp3) is 0.333. The predicted molar refractivity (Wildman–Crippen MR) is 58.1 cm³/mol. The Morgan fingerprint density at radius 1 is 1.47 bits per heavy atom. The van der Waals surface area contributed by atoms with Crippen LogP contribution in [0.4, 0.5) is 0 Å². The fourth-order valence-corrected chi connectivity index (χ4v) is 4.14. The van der Waals surface area contributed by atoms with Crippen molar-refractivity contribution in [3.63, 3.8) is 0 Å². The maximum atomic E-state index is 10.9. The van der Waals surface area contributed by atoms with Gasteiger partial charge in [-0.15, -0.1) is 0 Å². The Hall–Kier alpha value is -1.37. The van der Waals surface area contributed by atoms with Crippen LogP contribution in [0.3, 0.4) is 0 Å². The van der Waals surface area contributed by atoms with Gasteiger partial charge in [-0.3, -0.25) is 0 Å². The zero-order valence-electron chi connectivity index (χ0n) is 8.23. The minimum Gasteiger partial charge on any atom is -0.493 e. The first-order valence-corrected chi connectivity index (χ1v) is 6.59. The summed E-state index contributed by atoms with van der Waals surface area (Å²) in [6, 6.07) is 3.94. The van der Waals surface area contributed by atoms with E-state index in [4.69, 9.17) is 15.3 Å². The molecule has 0 bridgehead atoms. The average molecular weight is 240 g/mol. The summed E-state index contributed by atoms with van der Waals surface area (Å²) in [6.45, 7) is 1.86. The fourth-order valence-electron chi connectivity index (χ4n) is 1.32. The Labute approximate surface area is 93.1 Å². The second-order valence-electron chi connectivity index (χ2n) is 2.57. The standard InChI is InChI=1S/C9H8N2O2S2/c1-3-7-6(4-10)9(13-2)8(5-11)15(7)14-12/h3H2,1-2H3. The Morgan fingerprint density at radius 3 is 2.47 bits per heavy atom. The first-order chi connectivity index (χ1) is 7.24. The minimum absolute atomic E-state index is 0.267. The van der Waals surface area contributed by atoms with Crippen LogP contribution >= 0.6 is 0 Å². The lowest BCUT2D eigenvalue weighted by molar-refractivity contribution is 0.303. The monoisotopic (exact) mass is 240 g/mol. The minimum atomic E-state index is -0.858. The molecule has 4 nitrogen and oxygen atoms in total. The number of ether oxygens (including phenoxy) is 1. The van der Waals surface area contributed by atoms with Crippen molar-refractivity contribution in [1.82, 2.24) is 0 Å². The van der Waals surface area contributed by atoms with Gasteiger partial charge < -0.3 is 4.74 Å². The summed E-state index contributed by atoms with van der Waals surface area (Å²) >= 11 is 0. The van der Waals surface area contributed by atoms with Crippen molar-refractivity contribution in [1.29, 1.82) is 10.5 Å². The van der Waals surface area contributed by atoms with Gasteiger partial charge >= 0.3 is 0 Å². The number of allylic oxidation sites excluding steroid dienone is 3. The number of hydrogen-bond acceptors (Lipinski definition) is 4. The quantitative estimate of drug-likeness (QED) is 0.729. The van der Waals surface area contributed by atoms with Gasteiger partial charge in [0, 0.05) is 4.91 Å². The molecule has 1 heterocycles. The van der Waals surface area contributed by atoms with Crippen LogP contribution in [0.1, 0.15) is 13.3 Å². The summed E-state index contributed by atoms with van der Waals surface area (Å²) in [4.78, 5) is 0.997. The van der Waals surface area contributed by atoms with E-state index >= 15 is 0 Å². The largest absolute Gasteiger partial charge is 0.493 e. The number of nitrogens with zero attached hydrogens (tertiary/aromatic N) is 2. The summed E-state index contributed by atoms with van der Waals surface area (Å²) in [6.07, 6.45) is 0.583. The molecule has 0 amide bonds. The first kappa shape index (κ1) is 11.7. The first-order valence-electron chi connectivity index (χ1n) is 4.11. The van der Waals surface area contributed by atoms with Gasteiger partial charge in [0.15, 0.2) is 5.76 Å².